The Balaban J connectivity index is 2.41. The Bertz CT molecular complexity index is 124. The van der Waals surface area contributed by atoms with E-state index < -0.39 is 0 Å². The van der Waals surface area contributed by atoms with Crippen LogP contribution in [0.4, 0.5) is 0 Å². The Morgan fingerprint density at radius 1 is 1.30 bits per heavy atom. The molecule has 0 radical (unpaired) electrons. The Kier molecular flexibility index (Phi) is 2.73. The van der Waals surface area contributed by atoms with E-state index in [1.807, 2.05) is 6.08 Å². The third-order valence-electron chi connectivity index (χ3n) is 2.49. The number of allylic oxidation sites excluding steroid dienone is 2. The second-order valence-electron chi connectivity index (χ2n) is 3.11. The van der Waals surface area contributed by atoms with Crippen molar-refractivity contribution in [2.24, 2.45) is 11.8 Å². The SMILES string of the molecule is C=CCC1CCCC1C=C. The summed E-state index contributed by atoms with van der Waals surface area (Å²) in [6, 6.07) is 0. The summed E-state index contributed by atoms with van der Waals surface area (Å²) in [5.41, 5.74) is 0. The van der Waals surface area contributed by atoms with Gasteiger partial charge in [-0.15, -0.1) is 13.2 Å². The average molecular weight is 136 g/mol. The van der Waals surface area contributed by atoms with Crippen molar-refractivity contribution in [3.05, 3.63) is 25.3 Å². The van der Waals surface area contributed by atoms with Crippen molar-refractivity contribution < 1.29 is 0 Å². The van der Waals surface area contributed by atoms with Gasteiger partial charge in [0, 0.05) is 0 Å². The molecule has 1 saturated carbocycles. The van der Waals surface area contributed by atoms with Gasteiger partial charge in [-0.05, 0) is 31.1 Å². The largest absolute Gasteiger partial charge is 0.103 e. The summed E-state index contributed by atoms with van der Waals surface area (Å²) in [7, 11) is 0. The van der Waals surface area contributed by atoms with Crippen molar-refractivity contribution in [2.45, 2.75) is 25.7 Å². The van der Waals surface area contributed by atoms with Crippen LogP contribution < -0.4 is 0 Å². The van der Waals surface area contributed by atoms with Crippen molar-refractivity contribution in [3.8, 4) is 0 Å². The van der Waals surface area contributed by atoms with Gasteiger partial charge in [0.2, 0.25) is 0 Å². The molecular formula is C10H16. The fourth-order valence-corrected chi connectivity index (χ4v) is 1.88. The minimum atomic E-state index is 0.776. The molecule has 0 aromatic heterocycles. The maximum absolute atomic E-state index is 3.84. The first-order chi connectivity index (χ1) is 4.88. The van der Waals surface area contributed by atoms with Crippen LogP contribution in [0.25, 0.3) is 0 Å². The molecule has 0 spiro atoms. The van der Waals surface area contributed by atoms with Gasteiger partial charge in [-0.1, -0.05) is 18.6 Å². The van der Waals surface area contributed by atoms with Gasteiger partial charge in [0.15, 0.2) is 0 Å². The van der Waals surface area contributed by atoms with Gasteiger partial charge < -0.3 is 0 Å². The van der Waals surface area contributed by atoms with Crippen LogP contribution >= 0.6 is 0 Å². The summed E-state index contributed by atoms with van der Waals surface area (Å²) in [5, 5.41) is 0. The summed E-state index contributed by atoms with van der Waals surface area (Å²) in [6.45, 7) is 7.60. The minimum Gasteiger partial charge on any atom is -0.103 e. The standard InChI is InChI=1S/C10H16/c1-3-6-10-8-5-7-9(10)4-2/h3-4,9-10H,1-2,5-8H2. The van der Waals surface area contributed by atoms with Crippen LogP contribution in [0.15, 0.2) is 25.3 Å². The van der Waals surface area contributed by atoms with Gasteiger partial charge >= 0.3 is 0 Å². The highest BCUT2D eigenvalue weighted by atomic mass is 14.3. The number of hydrogen-bond acceptors (Lipinski definition) is 0. The van der Waals surface area contributed by atoms with E-state index in [0.29, 0.717) is 0 Å². The Morgan fingerprint density at radius 3 is 2.70 bits per heavy atom. The molecule has 0 bridgehead atoms. The predicted molar refractivity (Wildman–Crippen MR) is 45.8 cm³/mol. The van der Waals surface area contributed by atoms with E-state index in [-0.39, 0.29) is 0 Å². The molecule has 1 aliphatic rings. The zero-order chi connectivity index (χ0) is 7.40. The molecule has 56 valence electrons. The van der Waals surface area contributed by atoms with Crippen molar-refractivity contribution in [3.63, 3.8) is 0 Å². The topological polar surface area (TPSA) is 0 Å². The third kappa shape index (κ3) is 1.50. The van der Waals surface area contributed by atoms with Crippen LogP contribution in [-0.4, -0.2) is 0 Å². The first-order valence-corrected chi connectivity index (χ1v) is 4.12. The lowest BCUT2D eigenvalue weighted by molar-refractivity contribution is 0.465. The van der Waals surface area contributed by atoms with E-state index in [1.165, 1.54) is 25.7 Å². The molecule has 0 aliphatic heterocycles. The molecule has 10 heavy (non-hydrogen) atoms. The van der Waals surface area contributed by atoms with Crippen LogP contribution in [0.1, 0.15) is 25.7 Å². The lowest BCUT2D eigenvalue weighted by Crippen LogP contribution is -2.02. The maximum Gasteiger partial charge on any atom is -0.0205 e. The second-order valence-corrected chi connectivity index (χ2v) is 3.11. The summed E-state index contributed by atoms with van der Waals surface area (Å²) < 4.78 is 0. The lowest BCUT2D eigenvalue weighted by Gasteiger charge is -2.12. The van der Waals surface area contributed by atoms with E-state index in [0.717, 1.165) is 11.8 Å². The van der Waals surface area contributed by atoms with E-state index in [1.54, 1.807) is 0 Å². The second kappa shape index (κ2) is 3.60. The zero-order valence-electron chi connectivity index (χ0n) is 6.55. The molecule has 0 saturated heterocycles. The molecular weight excluding hydrogens is 120 g/mol. The van der Waals surface area contributed by atoms with E-state index in [2.05, 4.69) is 19.2 Å². The normalized spacial score (nSPS) is 32.0. The van der Waals surface area contributed by atoms with Gasteiger partial charge in [0.25, 0.3) is 0 Å². The molecule has 0 aromatic carbocycles. The Morgan fingerprint density at radius 2 is 2.10 bits per heavy atom. The monoisotopic (exact) mass is 136 g/mol. The fourth-order valence-electron chi connectivity index (χ4n) is 1.88. The molecule has 0 amide bonds. The summed E-state index contributed by atoms with van der Waals surface area (Å²) in [6.07, 6.45) is 9.43. The smallest absolute Gasteiger partial charge is 0.0205 e. The van der Waals surface area contributed by atoms with Crippen molar-refractivity contribution in [1.29, 1.82) is 0 Å². The van der Waals surface area contributed by atoms with E-state index in [4.69, 9.17) is 0 Å². The molecule has 0 N–H and O–H groups in total. The van der Waals surface area contributed by atoms with Gasteiger partial charge in [0.05, 0.1) is 0 Å². The molecule has 1 aliphatic carbocycles. The lowest BCUT2D eigenvalue weighted by atomic mass is 9.93. The highest BCUT2D eigenvalue weighted by Gasteiger charge is 2.22. The zero-order valence-corrected chi connectivity index (χ0v) is 6.55. The molecule has 0 nitrogen and oxygen atoms in total. The maximum atomic E-state index is 3.84. The molecule has 0 heteroatoms. The van der Waals surface area contributed by atoms with Gasteiger partial charge in [-0.2, -0.15) is 0 Å². The molecule has 0 heterocycles. The highest BCUT2D eigenvalue weighted by Crippen LogP contribution is 2.34. The first kappa shape index (κ1) is 7.59. The van der Waals surface area contributed by atoms with Crippen molar-refractivity contribution in [1.82, 2.24) is 0 Å². The van der Waals surface area contributed by atoms with Crippen LogP contribution in [0.5, 0.6) is 0 Å². The van der Waals surface area contributed by atoms with Crippen LogP contribution in [0.2, 0.25) is 0 Å². The molecule has 1 fully saturated rings. The average Bonchev–Trinajstić information content (AvgIpc) is 2.36. The third-order valence-corrected chi connectivity index (χ3v) is 2.49. The van der Waals surface area contributed by atoms with Crippen LogP contribution in [-0.2, 0) is 0 Å². The molecule has 0 aromatic rings. The minimum absolute atomic E-state index is 0.776. The summed E-state index contributed by atoms with van der Waals surface area (Å²) in [5.74, 6) is 1.63. The quantitative estimate of drug-likeness (QED) is 0.523. The highest BCUT2D eigenvalue weighted by molar-refractivity contribution is 4.91. The summed E-state index contributed by atoms with van der Waals surface area (Å²) >= 11 is 0. The van der Waals surface area contributed by atoms with E-state index in [9.17, 15) is 0 Å². The predicted octanol–water partition coefficient (Wildman–Crippen LogP) is 3.16. The van der Waals surface area contributed by atoms with Gasteiger partial charge in [0.1, 0.15) is 0 Å². The molecule has 2 atom stereocenters. The number of rotatable bonds is 3. The summed E-state index contributed by atoms with van der Waals surface area (Å²) in [4.78, 5) is 0. The van der Waals surface area contributed by atoms with Crippen molar-refractivity contribution >= 4 is 0 Å². The molecule has 2 unspecified atom stereocenters. The van der Waals surface area contributed by atoms with Gasteiger partial charge in [-0.25, -0.2) is 0 Å². The van der Waals surface area contributed by atoms with Crippen LogP contribution in [0.3, 0.4) is 0 Å². The first-order valence-electron chi connectivity index (χ1n) is 4.12. The Labute approximate surface area is 63.6 Å². The van der Waals surface area contributed by atoms with E-state index >= 15 is 0 Å². The molecule has 1 rings (SSSR count). The number of hydrogen-bond donors (Lipinski definition) is 0. The fraction of sp³-hybridized carbons (Fsp3) is 0.600. The van der Waals surface area contributed by atoms with Crippen LogP contribution in [0, 0.1) is 11.8 Å². The van der Waals surface area contributed by atoms with Crippen molar-refractivity contribution in [2.75, 3.05) is 0 Å². The van der Waals surface area contributed by atoms with Gasteiger partial charge in [-0.3, -0.25) is 0 Å². The Hall–Kier alpha value is -0.520.